The van der Waals surface area contributed by atoms with Gasteiger partial charge in [-0.1, -0.05) is 24.3 Å². The number of aryl methyl sites for hydroxylation is 1. The summed E-state index contributed by atoms with van der Waals surface area (Å²) in [5.74, 6) is -0.288. The highest BCUT2D eigenvalue weighted by Crippen LogP contribution is 2.26. The number of amides is 4. The topological polar surface area (TPSA) is 102 Å². The third-order valence-corrected chi connectivity index (χ3v) is 6.83. The zero-order valence-electron chi connectivity index (χ0n) is 23.3. The largest absolute Gasteiger partial charge is 0.495 e. The summed E-state index contributed by atoms with van der Waals surface area (Å²) in [5.41, 5.74) is 4.79. The minimum absolute atomic E-state index is 0.0786. The molecule has 0 radical (unpaired) electrons. The Balaban J connectivity index is 1.27. The highest BCUT2D eigenvalue weighted by atomic mass is 19.1. The van der Waals surface area contributed by atoms with E-state index in [4.69, 9.17) is 9.47 Å². The van der Waals surface area contributed by atoms with Crippen molar-refractivity contribution in [3.8, 4) is 17.2 Å². The number of aromatic nitrogens is 1. The number of anilines is 1. The molecule has 10 heteroatoms. The molecule has 42 heavy (non-hydrogen) atoms. The number of nitrogens with zero attached hydrogens (tertiary/aromatic N) is 2. The maximum atomic E-state index is 13.1. The first-order valence-electron chi connectivity index (χ1n) is 13.2. The third-order valence-electron chi connectivity index (χ3n) is 6.83. The van der Waals surface area contributed by atoms with Crippen LogP contribution in [0.15, 0.2) is 84.6 Å². The van der Waals surface area contributed by atoms with E-state index in [0.29, 0.717) is 23.8 Å². The van der Waals surface area contributed by atoms with Crippen molar-refractivity contribution in [3.05, 3.63) is 113 Å². The maximum Gasteiger partial charge on any atom is 0.329 e. The minimum atomic E-state index is -0.675. The number of carbonyl (C=O) groups is 3. The molecule has 0 unspecified atom stereocenters. The van der Waals surface area contributed by atoms with Gasteiger partial charge in [0, 0.05) is 17.1 Å². The molecule has 214 valence electrons. The molecule has 4 amide bonds. The second kappa shape index (κ2) is 12.0. The van der Waals surface area contributed by atoms with Gasteiger partial charge in [-0.2, -0.15) is 0 Å². The zero-order chi connectivity index (χ0) is 29.8. The number of urea groups is 1. The van der Waals surface area contributed by atoms with E-state index in [1.54, 1.807) is 42.5 Å². The van der Waals surface area contributed by atoms with Crippen molar-refractivity contribution in [3.63, 3.8) is 0 Å². The number of para-hydroxylation sites is 2. The van der Waals surface area contributed by atoms with E-state index in [1.165, 1.54) is 19.2 Å². The molecule has 4 aromatic rings. The van der Waals surface area contributed by atoms with Crippen molar-refractivity contribution in [1.29, 1.82) is 0 Å². The van der Waals surface area contributed by atoms with Gasteiger partial charge in [0.1, 0.15) is 36.2 Å². The Morgan fingerprint density at radius 1 is 1.00 bits per heavy atom. The van der Waals surface area contributed by atoms with Crippen molar-refractivity contribution < 1.29 is 28.2 Å². The lowest BCUT2D eigenvalue weighted by Crippen LogP contribution is -2.38. The van der Waals surface area contributed by atoms with Gasteiger partial charge in [0.2, 0.25) is 5.91 Å². The summed E-state index contributed by atoms with van der Waals surface area (Å²) >= 11 is 0. The first-order chi connectivity index (χ1) is 20.2. The number of ether oxygens (including phenoxy) is 2. The van der Waals surface area contributed by atoms with Crippen LogP contribution in [0.2, 0.25) is 0 Å². The van der Waals surface area contributed by atoms with Gasteiger partial charge < -0.3 is 24.7 Å². The van der Waals surface area contributed by atoms with Gasteiger partial charge in [0.15, 0.2) is 0 Å². The predicted octanol–water partition coefficient (Wildman–Crippen LogP) is 5.35. The second-order valence-electron chi connectivity index (χ2n) is 9.70. The molecule has 1 aromatic heterocycles. The molecule has 3 aromatic carbocycles. The van der Waals surface area contributed by atoms with Gasteiger partial charge in [-0.05, 0) is 85.6 Å². The number of hydrogen-bond acceptors (Lipinski definition) is 5. The smallest absolute Gasteiger partial charge is 0.329 e. The van der Waals surface area contributed by atoms with Crippen LogP contribution in [-0.2, 0) is 16.2 Å². The van der Waals surface area contributed by atoms with Gasteiger partial charge in [0.05, 0.1) is 12.8 Å². The van der Waals surface area contributed by atoms with Gasteiger partial charge in [0.25, 0.3) is 5.91 Å². The molecule has 0 atom stereocenters. The van der Waals surface area contributed by atoms with E-state index >= 15 is 0 Å². The van der Waals surface area contributed by atoms with E-state index in [1.807, 2.05) is 48.7 Å². The van der Waals surface area contributed by atoms with Gasteiger partial charge in [-0.3, -0.25) is 9.59 Å². The molecule has 1 fully saturated rings. The number of nitrogens with one attached hydrogen (secondary N) is 2. The third kappa shape index (κ3) is 6.02. The van der Waals surface area contributed by atoms with Crippen molar-refractivity contribution in [2.45, 2.75) is 20.5 Å². The lowest BCUT2D eigenvalue weighted by Gasteiger charge is -2.13. The number of methoxy groups -OCH3 is 1. The van der Waals surface area contributed by atoms with Crippen molar-refractivity contribution in [2.24, 2.45) is 0 Å². The Hall–Kier alpha value is -5.38. The first-order valence-corrected chi connectivity index (χ1v) is 13.2. The highest BCUT2D eigenvalue weighted by Gasteiger charge is 2.35. The maximum absolute atomic E-state index is 13.1. The predicted molar refractivity (Wildman–Crippen MR) is 156 cm³/mol. The monoisotopic (exact) mass is 568 g/mol. The average molecular weight is 569 g/mol. The SMILES string of the molecule is COc1ccccc1NC(=O)CN1C(=O)N/C(=C/c2cc(C)n(-c3ccc(OCc4ccc(F)cc4)cc3)c2C)C1=O. The van der Waals surface area contributed by atoms with Crippen LogP contribution < -0.4 is 20.1 Å². The summed E-state index contributed by atoms with van der Waals surface area (Å²) in [5, 5.41) is 5.25. The molecule has 2 heterocycles. The van der Waals surface area contributed by atoms with Gasteiger partial charge in [-0.25, -0.2) is 14.1 Å². The van der Waals surface area contributed by atoms with Crippen LogP contribution in [-0.4, -0.2) is 41.0 Å². The summed E-state index contributed by atoms with van der Waals surface area (Å²) in [6.07, 6.45) is 1.61. The number of rotatable bonds is 9. The van der Waals surface area contributed by atoms with E-state index < -0.39 is 24.4 Å². The van der Waals surface area contributed by atoms with Crippen molar-refractivity contribution in [1.82, 2.24) is 14.8 Å². The highest BCUT2D eigenvalue weighted by molar-refractivity contribution is 6.16. The fourth-order valence-corrected chi connectivity index (χ4v) is 4.72. The summed E-state index contributed by atoms with van der Waals surface area (Å²) in [4.78, 5) is 39.1. The molecule has 0 bridgehead atoms. The molecular weight excluding hydrogens is 539 g/mol. The Kier molecular flexibility index (Phi) is 8.05. The number of hydrogen-bond donors (Lipinski definition) is 2. The van der Waals surface area contributed by atoms with Crippen LogP contribution in [0.3, 0.4) is 0 Å². The summed E-state index contributed by atoms with van der Waals surface area (Å²) in [7, 11) is 1.48. The number of carbonyl (C=O) groups excluding carboxylic acids is 3. The fraction of sp³-hybridized carbons (Fsp3) is 0.156. The molecule has 2 N–H and O–H groups in total. The minimum Gasteiger partial charge on any atom is -0.495 e. The van der Waals surface area contributed by atoms with Crippen molar-refractivity contribution >= 4 is 29.6 Å². The molecular formula is C32H29FN4O5. The molecule has 0 spiro atoms. The van der Waals surface area contributed by atoms with E-state index in [9.17, 15) is 18.8 Å². The average Bonchev–Trinajstić information content (AvgIpc) is 3.41. The normalized spacial score (nSPS) is 13.8. The van der Waals surface area contributed by atoms with E-state index in [0.717, 1.165) is 33.1 Å². The summed E-state index contributed by atoms with van der Waals surface area (Å²) < 4.78 is 26.2. The summed E-state index contributed by atoms with van der Waals surface area (Å²) in [6, 6.07) is 21.8. The van der Waals surface area contributed by atoms with E-state index in [-0.39, 0.29) is 11.5 Å². The first kappa shape index (κ1) is 28.2. The molecule has 0 aliphatic carbocycles. The molecule has 9 nitrogen and oxygen atoms in total. The quantitative estimate of drug-likeness (QED) is 0.209. The number of benzene rings is 3. The Morgan fingerprint density at radius 3 is 2.43 bits per heavy atom. The van der Waals surface area contributed by atoms with Crippen LogP contribution in [0, 0.1) is 19.7 Å². The van der Waals surface area contributed by atoms with Crippen molar-refractivity contribution in [2.75, 3.05) is 19.0 Å². The molecule has 1 aliphatic rings. The lowest BCUT2D eigenvalue weighted by atomic mass is 10.2. The second-order valence-corrected chi connectivity index (χ2v) is 9.70. The zero-order valence-corrected chi connectivity index (χ0v) is 23.3. The standard InChI is InChI=1S/C32H29FN4O5/c1-20-16-23(21(2)37(20)25-12-14-26(15-13-25)42-19-22-8-10-24(33)11-9-22)17-28-31(39)36(32(40)35-28)18-30(38)34-27-6-4-5-7-29(27)41-3/h4-17H,18-19H2,1-3H3,(H,34,38)(H,35,40)/b28-17+. The fourth-order valence-electron chi connectivity index (χ4n) is 4.72. The van der Waals surface area contributed by atoms with Crippen LogP contribution in [0.5, 0.6) is 11.5 Å². The Bertz CT molecular complexity index is 1680. The number of imide groups is 1. The lowest BCUT2D eigenvalue weighted by molar-refractivity contribution is -0.127. The summed E-state index contributed by atoms with van der Waals surface area (Å²) in [6.45, 7) is 3.72. The van der Waals surface area contributed by atoms with Crippen LogP contribution in [0.1, 0.15) is 22.5 Å². The molecule has 1 saturated heterocycles. The van der Waals surface area contributed by atoms with Crippen LogP contribution in [0.4, 0.5) is 14.9 Å². The van der Waals surface area contributed by atoms with Crippen LogP contribution in [0.25, 0.3) is 11.8 Å². The van der Waals surface area contributed by atoms with Gasteiger partial charge in [-0.15, -0.1) is 0 Å². The van der Waals surface area contributed by atoms with Crippen LogP contribution >= 0.6 is 0 Å². The number of halogens is 1. The molecule has 5 rings (SSSR count). The Labute approximate surface area is 242 Å². The Morgan fingerprint density at radius 2 is 1.71 bits per heavy atom. The van der Waals surface area contributed by atoms with E-state index in [2.05, 4.69) is 10.6 Å². The molecule has 1 aliphatic heterocycles. The molecule has 0 saturated carbocycles. The van der Waals surface area contributed by atoms with Gasteiger partial charge >= 0.3 is 6.03 Å².